The summed E-state index contributed by atoms with van der Waals surface area (Å²) in [6.07, 6.45) is 2.85. The molecule has 72 valence electrons. The lowest BCUT2D eigenvalue weighted by Gasteiger charge is -2.22. The molecule has 1 N–H and O–H groups in total. The Morgan fingerprint density at radius 1 is 1.50 bits per heavy atom. The third kappa shape index (κ3) is 4.04. The summed E-state index contributed by atoms with van der Waals surface area (Å²) in [4.78, 5) is 0. The molecule has 1 rings (SSSR count). The second-order valence-corrected chi connectivity index (χ2v) is 3.32. The molecule has 0 spiro atoms. The monoisotopic (exact) mass is 174 g/mol. The Labute approximate surface area is 73.7 Å². The van der Waals surface area contributed by atoms with Gasteiger partial charge >= 0.3 is 0 Å². The number of hydrogen-bond acceptors (Lipinski definition) is 3. The molecule has 1 unspecified atom stereocenters. The molecular weight excluding hydrogens is 156 g/mol. The summed E-state index contributed by atoms with van der Waals surface area (Å²) in [5.74, 6) is 0. The van der Waals surface area contributed by atoms with Gasteiger partial charge in [0, 0.05) is 19.8 Å². The van der Waals surface area contributed by atoms with Gasteiger partial charge in [0.1, 0.15) is 0 Å². The van der Waals surface area contributed by atoms with E-state index >= 15 is 0 Å². The molecule has 0 bridgehead atoms. The van der Waals surface area contributed by atoms with Crippen molar-refractivity contribution in [3.8, 4) is 0 Å². The van der Waals surface area contributed by atoms with Crippen molar-refractivity contribution in [1.29, 1.82) is 0 Å². The van der Waals surface area contributed by atoms with Crippen LogP contribution in [-0.2, 0) is 9.47 Å². The maximum atomic E-state index is 8.98. The van der Waals surface area contributed by atoms with Gasteiger partial charge in [0.05, 0.1) is 12.2 Å². The molecule has 1 aliphatic rings. The van der Waals surface area contributed by atoms with Crippen molar-refractivity contribution in [2.75, 3.05) is 19.8 Å². The first-order valence-electron chi connectivity index (χ1n) is 4.66. The molecular formula is C9H18O3. The van der Waals surface area contributed by atoms with Crippen molar-refractivity contribution in [3.05, 3.63) is 0 Å². The lowest BCUT2D eigenvalue weighted by Crippen LogP contribution is -2.24. The molecule has 1 saturated heterocycles. The van der Waals surface area contributed by atoms with Crippen LogP contribution in [0.15, 0.2) is 0 Å². The summed E-state index contributed by atoms with van der Waals surface area (Å²) >= 11 is 0. The molecule has 0 aromatic heterocycles. The zero-order valence-electron chi connectivity index (χ0n) is 7.66. The van der Waals surface area contributed by atoms with Gasteiger partial charge in [0.25, 0.3) is 0 Å². The summed E-state index contributed by atoms with van der Waals surface area (Å²) in [7, 11) is 0. The van der Waals surface area contributed by atoms with E-state index in [4.69, 9.17) is 14.6 Å². The maximum Gasteiger partial charge on any atom is 0.0619 e. The van der Waals surface area contributed by atoms with Gasteiger partial charge in [-0.3, -0.25) is 0 Å². The van der Waals surface area contributed by atoms with Gasteiger partial charge in [0.2, 0.25) is 0 Å². The van der Waals surface area contributed by atoms with Gasteiger partial charge in [-0.1, -0.05) is 0 Å². The van der Waals surface area contributed by atoms with Gasteiger partial charge < -0.3 is 14.6 Å². The first kappa shape index (κ1) is 9.96. The van der Waals surface area contributed by atoms with E-state index in [2.05, 4.69) is 0 Å². The highest BCUT2D eigenvalue weighted by atomic mass is 16.5. The second kappa shape index (κ2) is 5.51. The summed E-state index contributed by atoms with van der Waals surface area (Å²) in [5.41, 5.74) is 0. The Hall–Kier alpha value is -0.120. The molecule has 3 nitrogen and oxygen atoms in total. The first-order valence-corrected chi connectivity index (χ1v) is 4.66. The molecule has 1 aliphatic heterocycles. The normalized spacial score (nSPS) is 22.5. The van der Waals surface area contributed by atoms with Crippen LogP contribution in [0.5, 0.6) is 0 Å². The van der Waals surface area contributed by atoms with Crippen LogP contribution in [0.3, 0.4) is 0 Å². The van der Waals surface area contributed by atoms with Crippen molar-refractivity contribution in [2.45, 2.75) is 38.4 Å². The minimum Gasteiger partial charge on any atom is -0.393 e. The molecule has 1 fully saturated rings. The van der Waals surface area contributed by atoms with Crippen LogP contribution in [0, 0.1) is 0 Å². The zero-order valence-corrected chi connectivity index (χ0v) is 7.66. The number of hydrogen-bond donors (Lipinski definition) is 1. The Bertz CT molecular complexity index is 108. The predicted octanol–water partition coefficient (Wildman–Crippen LogP) is 0.953. The highest BCUT2D eigenvalue weighted by molar-refractivity contribution is 4.62. The van der Waals surface area contributed by atoms with E-state index < -0.39 is 0 Å². The smallest absolute Gasteiger partial charge is 0.0619 e. The van der Waals surface area contributed by atoms with Gasteiger partial charge in [-0.15, -0.1) is 0 Å². The maximum absolute atomic E-state index is 8.98. The average molecular weight is 174 g/mol. The molecule has 0 saturated carbocycles. The molecule has 0 aromatic carbocycles. The third-order valence-electron chi connectivity index (χ3n) is 2.06. The fourth-order valence-electron chi connectivity index (χ4n) is 1.25. The number of ether oxygens (including phenoxy) is 2. The SMILES string of the molecule is CC(O)CCOC1CCOCC1. The molecule has 1 heterocycles. The molecule has 12 heavy (non-hydrogen) atoms. The minimum atomic E-state index is -0.246. The Kier molecular flexibility index (Phi) is 4.58. The molecule has 0 aliphatic carbocycles. The molecule has 3 heteroatoms. The highest BCUT2D eigenvalue weighted by Crippen LogP contribution is 2.10. The molecule has 1 atom stereocenters. The lowest BCUT2D eigenvalue weighted by atomic mass is 10.1. The van der Waals surface area contributed by atoms with Crippen LogP contribution in [0.25, 0.3) is 0 Å². The quantitative estimate of drug-likeness (QED) is 0.689. The van der Waals surface area contributed by atoms with E-state index in [9.17, 15) is 0 Å². The average Bonchev–Trinajstić information content (AvgIpc) is 2.05. The molecule has 0 amide bonds. The molecule has 0 aromatic rings. The van der Waals surface area contributed by atoms with Gasteiger partial charge in [0.15, 0.2) is 0 Å². The fourth-order valence-corrected chi connectivity index (χ4v) is 1.25. The topological polar surface area (TPSA) is 38.7 Å². The van der Waals surface area contributed by atoms with Crippen molar-refractivity contribution < 1.29 is 14.6 Å². The van der Waals surface area contributed by atoms with Crippen LogP contribution in [0.1, 0.15) is 26.2 Å². The van der Waals surface area contributed by atoms with Gasteiger partial charge in [-0.05, 0) is 26.2 Å². The lowest BCUT2D eigenvalue weighted by molar-refractivity contribution is -0.0386. The van der Waals surface area contributed by atoms with Crippen LogP contribution in [0.2, 0.25) is 0 Å². The van der Waals surface area contributed by atoms with Crippen LogP contribution < -0.4 is 0 Å². The number of aliphatic hydroxyl groups is 1. The number of rotatable bonds is 4. The van der Waals surface area contributed by atoms with Crippen molar-refractivity contribution in [3.63, 3.8) is 0 Å². The Balaban J connectivity index is 1.98. The van der Waals surface area contributed by atoms with Crippen molar-refractivity contribution in [1.82, 2.24) is 0 Å². The standard InChI is InChI=1S/C9H18O3/c1-8(10)2-7-12-9-3-5-11-6-4-9/h8-10H,2-7H2,1H3. The van der Waals surface area contributed by atoms with E-state index in [-0.39, 0.29) is 6.10 Å². The summed E-state index contributed by atoms with van der Waals surface area (Å²) in [6, 6.07) is 0. The van der Waals surface area contributed by atoms with E-state index in [0.717, 1.165) is 32.5 Å². The summed E-state index contributed by atoms with van der Waals surface area (Å²) in [6.45, 7) is 4.09. The van der Waals surface area contributed by atoms with Crippen molar-refractivity contribution in [2.24, 2.45) is 0 Å². The third-order valence-corrected chi connectivity index (χ3v) is 2.06. The summed E-state index contributed by atoms with van der Waals surface area (Å²) < 4.78 is 10.8. The van der Waals surface area contributed by atoms with E-state index in [1.165, 1.54) is 0 Å². The van der Waals surface area contributed by atoms with Crippen molar-refractivity contribution >= 4 is 0 Å². The number of aliphatic hydroxyl groups excluding tert-OH is 1. The Morgan fingerprint density at radius 2 is 2.17 bits per heavy atom. The van der Waals surface area contributed by atoms with E-state index in [1.54, 1.807) is 6.92 Å². The molecule has 0 radical (unpaired) electrons. The minimum absolute atomic E-state index is 0.246. The predicted molar refractivity (Wildman–Crippen MR) is 46.1 cm³/mol. The van der Waals surface area contributed by atoms with Crippen LogP contribution in [0.4, 0.5) is 0 Å². The highest BCUT2D eigenvalue weighted by Gasteiger charge is 2.13. The fraction of sp³-hybridized carbons (Fsp3) is 1.00. The van der Waals surface area contributed by atoms with Crippen LogP contribution >= 0.6 is 0 Å². The second-order valence-electron chi connectivity index (χ2n) is 3.32. The summed E-state index contributed by atoms with van der Waals surface area (Å²) in [5, 5.41) is 8.98. The van der Waals surface area contributed by atoms with E-state index in [0.29, 0.717) is 12.7 Å². The largest absolute Gasteiger partial charge is 0.393 e. The van der Waals surface area contributed by atoms with Gasteiger partial charge in [-0.25, -0.2) is 0 Å². The Morgan fingerprint density at radius 3 is 2.75 bits per heavy atom. The first-order chi connectivity index (χ1) is 5.79. The van der Waals surface area contributed by atoms with Crippen LogP contribution in [-0.4, -0.2) is 37.1 Å². The van der Waals surface area contributed by atoms with Gasteiger partial charge in [-0.2, -0.15) is 0 Å². The zero-order chi connectivity index (χ0) is 8.81. The van der Waals surface area contributed by atoms with E-state index in [1.807, 2.05) is 0 Å².